The van der Waals surface area contributed by atoms with Crippen LogP contribution in [0.4, 0.5) is 11.4 Å². The lowest BCUT2D eigenvalue weighted by Gasteiger charge is -2.19. The first-order chi connectivity index (χ1) is 9.88. The number of hydrogen-bond donors (Lipinski definition) is 1. The van der Waals surface area contributed by atoms with Gasteiger partial charge in [-0.3, -0.25) is 4.79 Å². The van der Waals surface area contributed by atoms with Gasteiger partial charge in [0.1, 0.15) is 0 Å². The molecule has 1 amide bonds. The van der Waals surface area contributed by atoms with Crippen LogP contribution in [0.5, 0.6) is 0 Å². The molecule has 2 aromatic rings. The second-order valence-electron chi connectivity index (χ2n) is 4.58. The van der Waals surface area contributed by atoms with E-state index >= 15 is 0 Å². The summed E-state index contributed by atoms with van der Waals surface area (Å²) < 4.78 is 0.870. The average Bonchev–Trinajstić information content (AvgIpc) is 2.42. The zero-order valence-corrected chi connectivity index (χ0v) is 14.3. The fraction of sp³-hybridized carbons (Fsp3) is 0.133. The Morgan fingerprint density at radius 2 is 1.90 bits per heavy atom. The quantitative estimate of drug-likeness (QED) is 0.785. The number of likely N-dealkylation sites (N-methyl/N-ethyl adjacent to an activating group) is 1. The van der Waals surface area contributed by atoms with E-state index in [2.05, 4.69) is 15.9 Å². The predicted molar refractivity (Wildman–Crippen MR) is 92.1 cm³/mol. The Morgan fingerprint density at radius 1 is 1.19 bits per heavy atom. The molecular formula is C15H13BrCl2N2O. The molecule has 2 N–H and O–H groups in total. The Kier molecular flexibility index (Phi) is 5.14. The molecule has 0 atom stereocenters. The number of carbonyl (C=O) groups excluding carboxylic acids is 1. The summed E-state index contributed by atoms with van der Waals surface area (Å²) in [5.74, 6) is -0.0811. The lowest BCUT2D eigenvalue weighted by Crippen LogP contribution is -2.28. The molecule has 110 valence electrons. The van der Waals surface area contributed by atoms with Gasteiger partial charge in [0.25, 0.3) is 0 Å². The number of halogens is 3. The first-order valence-electron chi connectivity index (χ1n) is 6.14. The van der Waals surface area contributed by atoms with Crippen LogP contribution in [-0.2, 0) is 11.2 Å². The van der Waals surface area contributed by atoms with Crippen molar-refractivity contribution in [3.05, 3.63) is 56.5 Å². The third-order valence-electron chi connectivity index (χ3n) is 3.06. The summed E-state index contributed by atoms with van der Waals surface area (Å²) in [5.41, 5.74) is 7.94. The van der Waals surface area contributed by atoms with E-state index in [1.165, 1.54) is 4.90 Å². The Bertz CT molecular complexity index is 691. The molecule has 0 aliphatic carbocycles. The van der Waals surface area contributed by atoms with Crippen molar-refractivity contribution in [2.75, 3.05) is 17.7 Å². The largest absolute Gasteiger partial charge is 0.397 e. The summed E-state index contributed by atoms with van der Waals surface area (Å²) in [6.45, 7) is 0. The van der Waals surface area contributed by atoms with Crippen LogP contribution in [0.2, 0.25) is 10.0 Å². The Hall–Kier alpha value is -1.23. The van der Waals surface area contributed by atoms with Crippen LogP contribution in [0.25, 0.3) is 0 Å². The van der Waals surface area contributed by atoms with Gasteiger partial charge in [0.15, 0.2) is 0 Å². The smallest absolute Gasteiger partial charge is 0.231 e. The van der Waals surface area contributed by atoms with E-state index in [0.29, 0.717) is 21.4 Å². The molecule has 0 radical (unpaired) electrons. The molecule has 2 aromatic carbocycles. The van der Waals surface area contributed by atoms with Crippen molar-refractivity contribution < 1.29 is 4.79 Å². The number of nitrogen functional groups attached to an aromatic ring is 1. The third-order valence-corrected chi connectivity index (χ3v) is 4.30. The minimum Gasteiger partial charge on any atom is -0.397 e. The molecule has 21 heavy (non-hydrogen) atoms. The van der Waals surface area contributed by atoms with Gasteiger partial charge < -0.3 is 10.6 Å². The van der Waals surface area contributed by atoms with E-state index in [0.717, 1.165) is 10.0 Å². The fourth-order valence-corrected chi connectivity index (χ4v) is 2.61. The molecule has 0 saturated carbocycles. The molecule has 0 spiro atoms. The summed E-state index contributed by atoms with van der Waals surface area (Å²) in [5, 5.41) is 0.908. The first kappa shape index (κ1) is 16.1. The maximum Gasteiger partial charge on any atom is 0.231 e. The second kappa shape index (κ2) is 6.69. The van der Waals surface area contributed by atoms with Gasteiger partial charge in [-0.1, -0.05) is 45.2 Å². The molecule has 0 unspecified atom stereocenters. The number of carbonyl (C=O) groups is 1. The molecule has 0 bridgehead atoms. The number of rotatable bonds is 3. The molecular weight excluding hydrogens is 375 g/mol. The highest BCUT2D eigenvalue weighted by Crippen LogP contribution is 2.27. The maximum absolute atomic E-state index is 12.3. The lowest BCUT2D eigenvalue weighted by atomic mass is 10.1. The van der Waals surface area contributed by atoms with Crippen LogP contribution in [0.15, 0.2) is 40.9 Å². The fourth-order valence-electron chi connectivity index (χ4n) is 1.91. The van der Waals surface area contributed by atoms with Crippen LogP contribution >= 0.6 is 39.1 Å². The molecule has 2 rings (SSSR count). The van der Waals surface area contributed by atoms with E-state index in [1.807, 2.05) is 6.07 Å². The highest BCUT2D eigenvalue weighted by Gasteiger charge is 2.14. The van der Waals surface area contributed by atoms with E-state index in [1.54, 1.807) is 37.4 Å². The molecule has 0 aromatic heterocycles. The van der Waals surface area contributed by atoms with Crippen LogP contribution in [0.1, 0.15) is 5.56 Å². The third kappa shape index (κ3) is 3.90. The van der Waals surface area contributed by atoms with Crippen molar-refractivity contribution in [1.82, 2.24) is 0 Å². The van der Waals surface area contributed by atoms with Gasteiger partial charge in [0, 0.05) is 11.5 Å². The van der Waals surface area contributed by atoms with Gasteiger partial charge >= 0.3 is 0 Å². The number of amides is 1. The minimum atomic E-state index is -0.0811. The van der Waals surface area contributed by atoms with Crippen LogP contribution < -0.4 is 10.6 Å². The lowest BCUT2D eigenvalue weighted by molar-refractivity contribution is -0.117. The number of hydrogen-bond acceptors (Lipinski definition) is 2. The van der Waals surface area contributed by atoms with Crippen molar-refractivity contribution in [2.45, 2.75) is 6.42 Å². The van der Waals surface area contributed by atoms with Gasteiger partial charge in [-0.25, -0.2) is 0 Å². The van der Waals surface area contributed by atoms with Gasteiger partial charge in [-0.05, 0) is 35.9 Å². The molecule has 0 fully saturated rings. The van der Waals surface area contributed by atoms with Crippen molar-refractivity contribution in [2.24, 2.45) is 0 Å². The highest BCUT2D eigenvalue weighted by molar-refractivity contribution is 9.10. The first-order valence-corrected chi connectivity index (χ1v) is 7.69. The van der Waals surface area contributed by atoms with Crippen molar-refractivity contribution in [1.29, 1.82) is 0 Å². The van der Waals surface area contributed by atoms with E-state index < -0.39 is 0 Å². The van der Waals surface area contributed by atoms with Gasteiger partial charge in [0.2, 0.25) is 5.91 Å². The predicted octanol–water partition coefficient (Wildman–Crippen LogP) is 4.54. The Morgan fingerprint density at radius 3 is 2.52 bits per heavy atom. The minimum absolute atomic E-state index is 0.0811. The average molecular weight is 388 g/mol. The van der Waals surface area contributed by atoms with Crippen LogP contribution in [-0.4, -0.2) is 13.0 Å². The summed E-state index contributed by atoms with van der Waals surface area (Å²) in [4.78, 5) is 13.9. The van der Waals surface area contributed by atoms with Crippen LogP contribution in [0, 0.1) is 0 Å². The summed E-state index contributed by atoms with van der Waals surface area (Å²) in [6, 6.07) is 10.6. The monoisotopic (exact) mass is 386 g/mol. The molecule has 0 aliphatic rings. The van der Waals surface area contributed by atoms with Crippen LogP contribution in [0.3, 0.4) is 0 Å². The maximum atomic E-state index is 12.3. The Balaban J connectivity index is 2.17. The number of nitrogens with two attached hydrogens (primary N) is 1. The van der Waals surface area contributed by atoms with Gasteiger partial charge in [-0.2, -0.15) is 0 Å². The van der Waals surface area contributed by atoms with E-state index in [-0.39, 0.29) is 12.3 Å². The molecule has 3 nitrogen and oxygen atoms in total. The SMILES string of the molecule is CN(C(=O)Cc1ccc(Cl)c(Cl)c1)c1ccc(Br)cc1N. The van der Waals surface area contributed by atoms with Crippen molar-refractivity contribution >= 4 is 56.4 Å². The summed E-state index contributed by atoms with van der Waals surface area (Å²) >= 11 is 15.2. The van der Waals surface area contributed by atoms with Crippen molar-refractivity contribution in [3.8, 4) is 0 Å². The Labute approximate surface area is 141 Å². The zero-order valence-electron chi connectivity index (χ0n) is 11.2. The summed E-state index contributed by atoms with van der Waals surface area (Å²) in [6.07, 6.45) is 0.225. The molecule has 6 heteroatoms. The highest BCUT2D eigenvalue weighted by atomic mass is 79.9. The topological polar surface area (TPSA) is 46.3 Å². The summed E-state index contributed by atoms with van der Waals surface area (Å²) in [7, 11) is 1.69. The van der Waals surface area contributed by atoms with E-state index in [9.17, 15) is 4.79 Å². The zero-order chi connectivity index (χ0) is 15.6. The molecule has 0 heterocycles. The molecule has 0 saturated heterocycles. The number of anilines is 2. The standard InChI is InChI=1S/C15H13BrCl2N2O/c1-20(14-5-3-10(16)8-13(14)19)15(21)7-9-2-4-11(17)12(18)6-9/h2-6,8H,7,19H2,1H3. The number of nitrogens with zero attached hydrogens (tertiary/aromatic N) is 1. The number of benzene rings is 2. The molecule has 0 aliphatic heterocycles. The van der Waals surface area contributed by atoms with Gasteiger partial charge in [0.05, 0.1) is 27.8 Å². The van der Waals surface area contributed by atoms with Crippen molar-refractivity contribution in [3.63, 3.8) is 0 Å². The normalized spacial score (nSPS) is 10.5. The van der Waals surface area contributed by atoms with Gasteiger partial charge in [-0.15, -0.1) is 0 Å². The second-order valence-corrected chi connectivity index (χ2v) is 6.31. The van der Waals surface area contributed by atoms with E-state index in [4.69, 9.17) is 28.9 Å².